The summed E-state index contributed by atoms with van der Waals surface area (Å²) in [6.07, 6.45) is 3.84. The summed E-state index contributed by atoms with van der Waals surface area (Å²) >= 11 is 0. The maximum Gasteiger partial charge on any atom is 0.123 e. The second-order valence-electron chi connectivity index (χ2n) is 5.31. The van der Waals surface area contributed by atoms with Crippen LogP contribution < -0.4 is 5.32 Å². The van der Waals surface area contributed by atoms with Crippen LogP contribution in [-0.2, 0) is 6.54 Å². The molecule has 2 saturated heterocycles. The largest absolute Gasteiger partial charge is 0.315 e. The number of hydrogen-bond donors (Lipinski definition) is 1. The topological polar surface area (TPSA) is 15.3 Å². The summed E-state index contributed by atoms with van der Waals surface area (Å²) in [5, 5.41) is 3.49. The van der Waals surface area contributed by atoms with Gasteiger partial charge in [-0.05, 0) is 43.5 Å². The highest BCUT2D eigenvalue weighted by molar-refractivity contribution is 5.18. The van der Waals surface area contributed by atoms with Gasteiger partial charge in [-0.25, -0.2) is 4.39 Å². The third-order valence-electron chi connectivity index (χ3n) is 4.23. The zero-order valence-electron chi connectivity index (χ0n) is 10.1. The van der Waals surface area contributed by atoms with Crippen molar-refractivity contribution in [3.05, 3.63) is 35.6 Å². The third kappa shape index (κ3) is 2.09. The van der Waals surface area contributed by atoms with Gasteiger partial charge in [0, 0.05) is 25.2 Å². The smallest absolute Gasteiger partial charge is 0.123 e. The Labute approximate surface area is 102 Å². The lowest BCUT2D eigenvalue weighted by Crippen LogP contribution is -2.65. The van der Waals surface area contributed by atoms with Crippen molar-refractivity contribution in [3.8, 4) is 0 Å². The van der Waals surface area contributed by atoms with E-state index in [0.717, 1.165) is 31.7 Å². The van der Waals surface area contributed by atoms with Gasteiger partial charge in [-0.15, -0.1) is 0 Å². The first-order valence-electron chi connectivity index (χ1n) is 6.49. The molecule has 1 atom stereocenters. The average molecular weight is 234 g/mol. The molecule has 2 nitrogen and oxygen atoms in total. The Kier molecular flexibility index (Phi) is 2.89. The van der Waals surface area contributed by atoms with E-state index in [2.05, 4.69) is 10.2 Å². The molecule has 0 unspecified atom stereocenters. The van der Waals surface area contributed by atoms with Gasteiger partial charge in [-0.3, -0.25) is 4.90 Å². The molecule has 0 amide bonds. The van der Waals surface area contributed by atoms with Gasteiger partial charge >= 0.3 is 0 Å². The maximum absolute atomic E-state index is 13.1. The molecule has 3 heteroatoms. The Balaban J connectivity index is 1.69. The molecule has 0 saturated carbocycles. The highest BCUT2D eigenvalue weighted by Crippen LogP contribution is 2.37. The van der Waals surface area contributed by atoms with Crippen LogP contribution in [-0.4, -0.2) is 30.1 Å². The van der Waals surface area contributed by atoms with Crippen molar-refractivity contribution < 1.29 is 4.39 Å². The predicted molar refractivity (Wildman–Crippen MR) is 66.3 cm³/mol. The molecule has 1 N–H and O–H groups in total. The maximum atomic E-state index is 13.1. The number of benzene rings is 1. The summed E-state index contributed by atoms with van der Waals surface area (Å²) in [4.78, 5) is 2.51. The molecule has 17 heavy (non-hydrogen) atoms. The van der Waals surface area contributed by atoms with E-state index in [1.165, 1.54) is 25.3 Å². The number of piperidine rings is 1. The van der Waals surface area contributed by atoms with Gasteiger partial charge in [0.1, 0.15) is 5.82 Å². The fourth-order valence-electron chi connectivity index (χ4n) is 3.12. The van der Waals surface area contributed by atoms with Crippen LogP contribution in [0.1, 0.15) is 24.8 Å². The SMILES string of the molecule is Fc1cccc(CN2CC[C@]23CCCNC3)c1. The Hall–Kier alpha value is -0.930. The monoisotopic (exact) mass is 234 g/mol. The lowest BCUT2D eigenvalue weighted by molar-refractivity contribution is -0.0386. The first-order chi connectivity index (χ1) is 8.28. The zero-order valence-corrected chi connectivity index (χ0v) is 10.1. The van der Waals surface area contributed by atoms with E-state index in [9.17, 15) is 4.39 Å². The van der Waals surface area contributed by atoms with Crippen molar-refractivity contribution in [3.63, 3.8) is 0 Å². The molecule has 0 bridgehead atoms. The molecular weight excluding hydrogens is 215 g/mol. The van der Waals surface area contributed by atoms with Gasteiger partial charge in [0.15, 0.2) is 0 Å². The van der Waals surface area contributed by atoms with E-state index in [0.29, 0.717) is 5.54 Å². The number of rotatable bonds is 2. The molecule has 2 aliphatic rings. The second-order valence-corrected chi connectivity index (χ2v) is 5.31. The fourth-order valence-corrected chi connectivity index (χ4v) is 3.12. The van der Waals surface area contributed by atoms with E-state index in [-0.39, 0.29) is 5.82 Å². The minimum Gasteiger partial charge on any atom is -0.315 e. The molecule has 92 valence electrons. The summed E-state index contributed by atoms with van der Waals surface area (Å²) in [7, 11) is 0. The molecule has 3 rings (SSSR count). The van der Waals surface area contributed by atoms with Crippen molar-refractivity contribution in [2.45, 2.75) is 31.3 Å². The van der Waals surface area contributed by atoms with Gasteiger partial charge in [-0.2, -0.15) is 0 Å². The Bertz CT molecular complexity index is 399. The van der Waals surface area contributed by atoms with E-state index in [4.69, 9.17) is 0 Å². The molecule has 2 aliphatic heterocycles. The van der Waals surface area contributed by atoms with Gasteiger partial charge in [0.25, 0.3) is 0 Å². The Morgan fingerprint density at radius 1 is 1.35 bits per heavy atom. The van der Waals surface area contributed by atoms with Gasteiger partial charge < -0.3 is 5.32 Å². The number of nitrogens with zero attached hydrogens (tertiary/aromatic N) is 1. The van der Waals surface area contributed by atoms with E-state index >= 15 is 0 Å². The normalized spacial score (nSPS) is 29.2. The van der Waals surface area contributed by atoms with Crippen molar-refractivity contribution in [2.75, 3.05) is 19.6 Å². The number of likely N-dealkylation sites (tertiary alicyclic amines) is 1. The number of nitrogens with one attached hydrogen (secondary N) is 1. The molecular formula is C14H19FN2. The van der Waals surface area contributed by atoms with Crippen LogP contribution in [0, 0.1) is 5.82 Å². The predicted octanol–water partition coefficient (Wildman–Crippen LogP) is 2.15. The van der Waals surface area contributed by atoms with Crippen LogP contribution >= 0.6 is 0 Å². The van der Waals surface area contributed by atoms with Crippen LogP contribution in [0.15, 0.2) is 24.3 Å². The summed E-state index contributed by atoms with van der Waals surface area (Å²) in [5.74, 6) is -0.126. The van der Waals surface area contributed by atoms with Crippen LogP contribution in [0.4, 0.5) is 4.39 Å². The van der Waals surface area contributed by atoms with E-state index < -0.39 is 0 Å². The average Bonchev–Trinajstić information content (AvgIpc) is 2.36. The zero-order chi connectivity index (χ0) is 11.7. The molecule has 0 radical (unpaired) electrons. The molecule has 2 heterocycles. The fraction of sp³-hybridized carbons (Fsp3) is 0.571. The molecule has 1 aromatic carbocycles. The highest BCUT2D eigenvalue weighted by atomic mass is 19.1. The van der Waals surface area contributed by atoms with Gasteiger partial charge in [-0.1, -0.05) is 12.1 Å². The van der Waals surface area contributed by atoms with Crippen molar-refractivity contribution >= 4 is 0 Å². The molecule has 1 aromatic rings. The van der Waals surface area contributed by atoms with E-state index in [1.807, 2.05) is 6.07 Å². The summed E-state index contributed by atoms with van der Waals surface area (Å²) in [5.41, 5.74) is 1.46. The van der Waals surface area contributed by atoms with Crippen LogP contribution in [0.2, 0.25) is 0 Å². The highest BCUT2D eigenvalue weighted by Gasteiger charge is 2.44. The van der Waals surface area contributed by atoms with Gasteiger partial charge in [0.2, 0.25) is 0 Å². The van der Waals surface area contributed by atoms with Crippen molar-refractivity contribution in [1.82, 2.24) is 10.2 Å². The lowest BCUT2D eigenvalue weighted by Gasteiger charge is -2.55. The second kappa shape index (κ2) is 4.39. The van der Waals surface area contributed by atoms with Crippen molar-refractivity contribution in [1.29, 1.82) is 0 Å². The summed E-state index contributed by atoms with van der Waals surface area (Å²) < 4.78 is 13.1. The molecule has 2 fully saturated rings. The summed E-state index contributed by atoms with van der Waals surface area (Å²) in [6.45, 7) is 4.29. The molecule has 0 aliphatic carbocycles. The number of hydrogen-bond acceptors (Lipinski definition) is 2. The van der Waals surface area contributed by atoms with Crippen LogP contribution in [0.25, 0.3) is 0 Å². The first-order valence-corrected chi connectivity index (χ1v) is 6.49. The minimum atomic E-state index is -0.126. The standard InChI is InChI=1S/C14H19FN2/c15-13-4-1-3-12(9-13)10-17-8-6-14(17)5-2-7-16-11-14/h1,3-4,9,16H,2,5-8,10-11H2/t14-/m0/s1. The summed E-state index contributed by atoms with van der Waals surface area (Å²) in [6, 6.07) is 6.99. The molecule has 0 aromatic heterocycles. The minimum absolute atomic E-state index is 0.126. The quantitative estimate of drug-likeness (QED) is 0.843. The first kappa shape index (κ1) is 11.2. The van der Waals surface area contributed by atoms with Crippen LogP contribution in [0.3, 0.4) is 0 Å². The molecule has 1 spiro atoms. The van der Waals surface area contributed by atoms with Crippen molar-refractivity contribution in [2.24, 2.45) is 0 Å². The Morgan fingerprint density at radius 2 is 2.29 bits per heavy atom. The van der Waals surface area contributed by atoms with E-state index in [1.54, 1.807) is 12.1 Å². The van der Waals surface area contributed by atoms with Crippen LogP contribution in [0.5, 0.6) is 0 Å². The Morgan fingerprint density at radius 3 is 2.94 bits per heavy atom. The number of halogens is 1. The lowest BCUT2D eigenvalue weighted by atomic mass is 9.78. The third-order valence-corrected chi connectivity index (χ3v) is 4.23. The van der Waals surface area contributed by atoms with Gasteiger partial charge in [0.05, 0.1) is 0 Å².